The molecule has 0 aliphatic carbocycles. The highest BCUT2D eigenvalue weighted by molar-refractivity contribution is 5.89. The van der Waals surface area contributed by atoms with Crippen LogP contribution in [0, 0.1) is 0 Å². The molecule has 0 radical (unpaired) electrons. The van der Waals surface area contributed by atoms with Gasteiger partial charge in [-0.15, -0.1) is 0 Å². The number of alkyl halides is 3. The molecule has 3 rings (SSSR count). The van der Waals surface area contributed by atoms with Crippen molar-refractivity contribution < 1.29 is 18.0 Å². The summed E-state index contributed by atoms with van der Waals surface area (Å²) in [5, 5.41) is 2.67. The minimum Gasteiger partial charge on any atom is -0.378 e. The number of piperazine rings is 1. The van der Waals surface area contributed by atoms with Gasteiger partial charge in [-0.1, -0.05) is 12.1 Å². The third kappa shape index (κ3) is 5.63. The van der Waals surface area contributed by atoms with Crippen LogP contribution in [0.5, 0.6) is 0 Å². The Labute approximate surface area is 168 Å². The van der Waals surface area contributed by atoms with E-state index in [9.17, 15) is 18.0 Å². The van der Waals surface area contributed by atoms with Crippen molar-refractivity contribution in [2.45, 2.75) is 12.7 Å². The molecule has 1 saturated heterocycles. The summed E-state index contributed by atoms with van der Waals surface area (Å²) in [6.45, 7) is 3.46. The van der Waals surface area contributed by atoms with Gasteiger partial charge in [-0.3, -0.25) is 4.90 Å². The van der Waals surface area contributed by atoms with Crippen molar-refractivity contribution in [1.82, 2.24) is 9.80 Å². The van der Waals surface area contributed by atoms with Crippen molar-refractivity contribution in [2.75, 3.05) is 50.5 Å². The van der Waals surface area contributed by atoms with E-state index in [2.05, 4.69) is 39.4 Å². The van der Waals surface area contributed by atoms with Crippen LogP contribution in [0.25, 0.3) is 0 Å². The number of carbonyl (C=O) groups is 1. The van der Waals surface area contributed by atoms with Gasteiger partial charge >= 0.3 is 12.2 Å². The molecule has 5 nitrogen and oxygen atoms in total. The monoisotopic (exact) mass is 406 g/mol. The molecule has 2 aromatic carbocycles. The van der Waals surface area contributed by atoms with Gasteiger partial charge in [-0.05, 0) is 42.0 Å². The average molecular weight is 406 g/mol. The third-order valence-electron chi connectivity index (χ3n) is 4.98. The number of benzene rings is 2. The number of rotatable bonds is 4. The van der Waals surface area contributed by atoms with Gasteiger partial charge in [0.1, 0.15) is 0 Å². The summed E-state index contributed by atoms with van der Waals surface area (Å²) in [5.74, 6) is 0. The van der Waals surface area contributed by atoms with Gasteiger partial charge in [-0.25, -0.2) is 4.79 Å². The van der Waals surface area contributed by atoms with Crippen molar-refractivity contribution >= 4 is 17.4 Å². The normalized spacial score (nSPS) is 15.3. The summed E-state index contributed by atoms with van der Waals surface area (Å²) in [6, 6.07) is 12.6. The second-order valence-electron chi connectivity index (χ2n) is 7.33. The summed E-state index contributed by atoms with van der Waals surface area (Å²) in [6.07, 6.45) is -4.38. The molecule has 0 bridgehead atoms. The van der Waals surface area contributed by atoms with Gasteiger partial charge in [0.2, 0.25) is 0 Å². The molecule has 2 aromatic rings. The quantitative estimate of drug-likeness (QED) is 0.830. The molecular weight excluding hydrogens is 381 g/mol. The number of hydrogen-bond donors (Lipinski definition) is 1. The molecule has 156 valence electrons. The van der Waals surface area contributed by atoms with Crippen LogP contribution in [-0.2, 0) is 12.7 Å². The zero-order valence-corrected chi connectivity index (χ0v) is 16.5. The highest BCUT2D eigenvalue weighted by atomic mass is 19.4. The molecule has 1 fully saturated rings. The lowest BCUT2D eigenvalue weighted by Crippen LogP contribution is -2.49. The summed E-state index contributed by atoms with van der Waals surface area (Å²) in [7, 11) is 4.01. The Kier molecular flexibility index (Phi) is 6.32. The molecule has 1 N–H and O–H groups in total. The van der Waals surface area contributed by atoms with Crippen LogP contribution in [0.4, 0.5) is 29.3 Å². The van der Waals surface area contributed by atoms with E-state index in [0.29, 0.717) is 18.8 Å². The Morgan fingerprint density at radius 2 is 1.55 bits per heavy atom. The smallest absolute Gasteiger partial charge is 0.378 e. The number of urea groups is 1. The van der Waals surface area contributed by atoms with Crippen molar-refractivity contribution in [3.8, 4) is 0 Å². The number of anilines is 2. The van der Waals surface area contributed by atoms with Crippen LogP contribution >= 0.6 is 0 Å². The lowest BCUT2D eigenvalue weighted by atomic mass is 10.1. The minimum atomic E-state index is -4.38. The summed E-state index contributed by atoms with van der Waals surface area (Å²) in [5.41, 5.74) is 1.99. The molecular formula is C21H25F3N4O. The highest BCUT2D eigenvalue weighted by Gasteiger charge is 2.30. The Morgan fingerprint density at radius 1 is 0.966 bits per heavy atom. The zero-order chi connectivity index (χ0) is 21.0. The van der Waals surface area contributed by atoms with Crippen LogP contribution in [0.15, 0.2) is 48.5 Å². The molecule has 1 aliphatic heterocycles. The van der Waals surface area contributed by atoms with Gasteiger partial charge in [0.15, 0.2) is 0 Å². The molecule has 2 amide bonds. The molecule has 0 spiro atoms. The standard InChI is InChI=1S/C21H25F3N4O/c1-26(2)19-9-3-16(4-10-19)15-27-11-13-28(14-12-27)20(29)25-18-7-5-17(6-8-18)21(22,23)24/h3-10H,11-15H2,1-2H3,(H,25,29). The molecule has 0 unspecified atom stereocenters. The molecule has 0 saturated carbocycles. The molecule has 1 aliphatic rings. The summed E-state index contributed by atoms with van der Waals surface area (Å²) >= 11 is 0. The van der Waals surface area contributed by atoms with E-state index in [-0.39, 0.29) is 6.03 Å². The summed E-state index contributed by atoms with van der Waals surface area (Å²) in [4.78, 5) is 18.4. The number of nitrogens with one attached hydrogen (secondary N) is 1. The fraction of sp³-hybridized carbons (Fsp3) is 0.381. The van der Waals surface area contributed by atoms with Crippen LogP contribution in [-0.4, -0.2) is 56.1 Å². The highest BCUT2D eigenvalue weighted by Crippen LogP contribution is 2.29. The number of hydrogen-bond acceptors (Lipinski definition) is 3. The van der Waals surface area contributed by atoms with Crippen LogP contribution in [0.2, 0.25) is 0 Å². The maximum Gasteiger partial charge on any atom is 0.416 e. The van der Waals surface area contributed by atoms with E-state index < -0.39 is 11.7 Å². The van der Waals surface area contributed by atoms with Crippen LogP contribution in [0.3, 0.4) is 0 Å². The Bertz CT molecular complexity index is 811. The Hall–Kier alpha value is -2.74. The number of amides is 2. The largest absolute Gasteiger partial charge is 0.416 e. The average Bonchev–Trinajstić information content (AvgIpc) is 2.68. The molecule has 1 heterocycles. The fourth-order valence-electron chi connectivity index (χ4n) is 3.21. The van der Waals surface area contributed by atoms with Gasteiger partial charge in [0.05, 0.1) is 5.56 Å². The maximum absolute atomic E-state index is 12.6. The first-order chi connectivity index (χ1) is 13.7. The van der Waals surface area contributed by atoms with Crippen molar-refractivity contribution in [2.24, 2.45) is 0 Å². The van der Waals surface area contributed by atoms with Gasteiger partial charge < -0.3 is 15.1 Å². The van der Waals surface area contributed by atoms with Crippen LogP contribution < -0.4 is 10.2 Å². The van der Waals surface area contributed by atoms with E-state index in [4.69, 9.17) is 0 Å². The first-order valence-electron chi connectivity index (χ1n) is 9.44. The fourth-order valence-corrected chi connectivity index (χ4v) is 3.21. The Balaban J connectivity index is 1.48. The molecule has 0 atom stereocenters. The van der Waals surface area contributed by atoms with E-state index >= 15 is 0 Å². The maximum atomic E-state index is 12.6. The molecule has 29 heavy (non-hydrogen) atoms. The lowest BCUT2D eigenvalue weighted by molar-refractivity contribution is -0.137. The second kappa shape index (κ2) is 8.73. The predicted molar refractivity (Wildman–Crippen MR) is 108 cm³/mol. The Morgan fingerprint density at radius 3 is 2.07 bits per heavy atom. The van der Waals surface area contributed by atoms with E-state index in [1.165, 1.54) is 17.7 Å². The first-order valence-corrected chi connectivity index (χ1v) is 9.44. The number of carbonyl (C=O) groups excluding carboxylic acids is 1. The first kappa shape index (κ1) is 21.0. The van der Waals surface area contributed by atoms with Gasteiger partial charge in [0.25, 0.3) is 0 Å². The van der Waals surface area contributed by atoms with E-state index in [0.717, 1.165) is 37.5 Å². The lowest BCUT2D eigenvalue weighted by Gasteiger charge is -2.34. The number of halogens is 3. The number of nitrogens with zero attached hydrogens (tertiary/aromatic N) is 3. The van der Waals surface area contributed by atoms with Crippen LogP contribution in [0.1, 0.15) is 11.1 Å². The van der Waals surface area contributed by atoms with Crippen molar-refractivity contribution in [1.29, 1.82) is 0 Å². The van der Waals surface area contributed by atoms with Crippen molar-refractivity contribution in [3.05, 3.63) is 59.7 Å². The second-order valence-corrected chi connectivity index (χ2v) is 7.33. The predicted octanol–water partition coefficient (Wildman–Crippen LogP) is 4.12. The van der Waals surface area contributed by atoms with Gasteiger partial charge in [0, 0.05) is 58.2 Å². The SMILES string of the molecule is CN(C)c1ccc(CN2CCN(C(=O)Nc3ccc(C(F)(F)F)cc3)CC2)cc1. The molecule has 0 aromatic heterocycles. The third-order valence-corrected chi connectivity index (χ3v) is 4.98. The minimum absolute atomic E-state index is 0.292. The van der Waals surface area contributed by atoms with Gasteiger partial charge in [-0.2, -0.15) is 13.2 Å². The van der Waals surface area contributed by atoms with E-state index in [1.807, 2.05) is 14.1 Å². The zero-order valence-electron chi connectivity index (χ0n) is 16.5. The topological polar surface area (TPSA) is 38.8 Å². The van der Waals surface area contributed by atoms with Crippen molar-refractivity contribution in [3.63, 3.8) is 0 Å². The van der Waals surface area contributed by atoms with E-state index in [1.54, 1.807) is 4.90 Å². The summed E-state index contributed by atoms with van der Waals surface area (Å²) < 4.78 is 37.9. The molecule has 8 heteroatoms.